The molecule has 2 N–H and O–H groups in total. The van der Waals surface area contributed by atoms with Crippen LogP contribution in [0, 0.1) is 0 Å². The van der Waals surface area contributed by atoms with Gasteiger partial charge in [-0.1, -0.05) is 34.3 Å². The van der Waals surface area contributed by atoms with E-state index >= 15 is 0 Å². The zero-order chi connectivity index (χ0) is 24.4. The molecule has 0 spiro atoms. The topological polar surface area (TPSA) is 78.3 Å². The standard InChI is InChI=1S/C28H31N3O3/c1-17-21(25(32)31(29-17)20-8-6-19(7-9-20)26(33)34)14-18-15-22-24-23(16-18)28(4,5)11-13-30(24)12-10-27(22,2)3/h6-9,14-16,29H,1,10-13H2,2-5H3,(H,33,34). The second-order valence-corrected chi connectivity index (χ2v) is 10.9. The molecule has 0 amide bonds. The zero-order valence-corrected chi connectivity index (χ0v) is 20.2. The van der Waals surface area contributed by atoms with Gasteiger partial charge in [0, 0.05) is 18.8 Å². The van der Waals surface area contributed by atoms with Gasteiger partial charge in [0.2, 0.25) is 0 Å². The van der Waals surface area contributed by atoms with Crippen LogP contribution >= 0.6 is 0 Å². The third kappa shape index (κ3) is 3.49. The molecular weight excluding hydrogens is 426 g/mol. The molecule has 2 aromatic carbocycles. The summed E-state index contributed by atoms with van der Waals surface area (Å²) in [7, 11) is 0. The van der Waals surface area contributed by atoms with E-state index < -0.39 is 5.97 Å². The van der Waals surface area contributed by atoms with Crippen LogP contribution in [0.3, 0.4) is 0 Å². The summed E-state index contributed by atoms with van der Waals surface area (Å²) in [5, 5.41) is 13.2. The van der Waals surface area contributed by atoms with Gasteiger partial charge in [-0.2, -0.15) is 0 Å². The molecule has 0 unspecified atom stereocenters. The van der Waals surface area contributed by atoms with Crippen LogP contribution in [0.15, 0.2) is 41.2 Å². The Hall–Kier alpha value is -3.54. The highest BCUT2D eigenvalue weighted by molar-refractivity contribution is 5.87. The lowest BCUT2D eigenvalue weighted by atomic mass is 9.69. The molecule has 176 valence electrons. The SMILES string of the molecule is C=c1[nH]n(-c2ccc(C(=O)O)cc2)c(=O)c1=Cc1cc2c3c(c1)C(C)(C)CCN3CCC2(C)C. The molecule has 0 bridgehead atoms. The third-order valence-electron chi connectivity index (χ3n) is 7.61. The van der Waals surface area contributed by atoms with E-state index in [1.807, 2.05) is 6.08 Å². The highest BCUT2D eigenvalue weighted by Gasteiger charge is 2.39. The summed E-state index contributed by atoms with van der Waals surface area (Å²) < 4.78 is 1.41. The number of H-pyrrole nitrogens is 1. The number of carboxylic acid groups (broad SMARTS) is 1. The van der Waals surface area contributed by atoms with E-state index in [-0.39, 0.29) is 22.0 Å². The number of hydrogen-bond acceptors (Lipinski definition) is 3. The van der Waals surface area contributed by atoms with E-state index in [4.69, 9.17) is 5.11 Å². The van der Waals surface area contributed by atoms with Crippen LogP contribution in [-0.4, -0.2) is 33.9 Å². The molecule has 6 nitrogen and oxygen atoms in total. The Morgan fingerprint density at radius 3 is 2.12 bits per heavy atom. The molecule has 5 rings (SSSR count). The van der Waals surface area contributed by atoms with Gasteiger partial charge in [0.15, 0.2) is 0 Å². The number of aromatic carboxylic acids is 1. The summed E-state index contributed by atoms with van der Waals surface area (Å²) >= 11 is 0. The molecule has 2 aliphatic heterocycles. The summed E-state index contributed by atoms with van der Waals surface area (Å²) in [4.78, 5) is 27.0. The maximum atomic E-state index is 13.3. The molecule has 0 atom stereocenters. The second-order valence-electron chi connectivity index (χ2n) is 10.9. The van der Waals surface area contributed by atoms with Crippen molar-refractivity contribution in [2.75, 3.05) is 18.0 Å². The first-order valence-corrected chi connectivity index (χ1v) is 11.8. The Bertz CT molecular complexity index is 1430. The first-order chi connectivity index (χ1) is 16.0. The predicted octanol–water partition coefficient (Wildman–Crippen LogP) is 3.27. The fraction of sp³-hybridized carbons (Fsp3) is 0.357. The fourth-order valence-corrected chi connectivity index (χ4v) is 5.29. The predicted molar refractivity (Wildman–Crippen MR) is 136 cm³/mol. The number of anilines is 1. The van der Waals surface area contributed by atoms with E-state index in [9.17, 15) is 9.59 Å². The summed E-state index contributed by atoms with van der Waals surface area (Å²) in [5.41, 5.74) is 5.74. The highest BCUT2D eigenvalue weighted by atomic mass is 16.4. The molecule has 0 fully saturated rings. The quantitative estimate of drug-likeness (QED) is 0.633. The average Bonchev–Trinajstić information content (AvgIpc) is 3.06. The number of aromatic amines is 1. The number of rotatable bonds is 3. The van der Waals surface area contributed by atoms with Crippen molar-refractivity contribution in [1.29, 1.82) is 0 Å². The summed E-state index contributed by atoms with van der Waals surface area (Å²) in [6.07, 6.45) is 4.14. The Balaban J connectivity index is 1.68. The molecule has 3 heterocycles. The van der Waals surface area contributed by atoms with Gasteiger partial charge in [-0.05, 0) is 82.8 Å². The van der Waals surface area contributed by atoms with Gasteiger partial charge in [-0.3, -0.25) is 9.89 Å². The van der Waals surface area contributed by atoms with Crippen LogP contribution in [0.1, 0.15) is 67.6 Å². The number of hydrogen-bond donors (Lipinski definition) is 2. The van der Waals surface area contributed by atoms with Crippen molar-refractivity contribution in [3.8, 4) is 5.69 Å². The summed E-state index contributed by atoms with van der Waals surface area (Å²) in [5.74, 6) is -1.00. The molecule has 1 aromatic heterocycles. The number of aromatic nitrogens is 2. The molecule has 2 aliphatic rings. The lowest BCUT2D eigenvalue weighted by Gasteiger charge is -2.48. The van der Waals surface area contributed by atoms with Crippen molar-refractivity contribution >= 4 is 24.3 Å². The van der Waals surface area contributed by atoms with Crippen molar-refractivity contribution in [1.82, 2.24) is 9.78 Å². The van der Waals surface area contributed by atoms with Crippen molar-refractivity contribution in [3.63, 3.8) is 0 Å². The van der Waals surface area contributed by atoms with Gasteiger partial charge in [0.1, 0.15) is 0 Å². The van der Waals surface area contributed by atoms with Crippen LogP contribution in [0.4, 0.5) is 5.69 Å². The van der Waals surface area contributed by atoms with Gasteiger partial charge < -0.3 is 10.0 Å². The van der Waals surface area contributed by atoms with Gasteiger partial charge in [-0.15, -0.1) is 0 Å². The number of carboxylic acids is 1. The first kappa shape index (κ1) is 22.3. The van der Waals surface area contributed by atoms with Gasteiger partial charge >= 0.3 is 5.97 Å². The van der Waals surface area contributed by atoms with Crippen molar-refractivity contribution in [3.05, 3.63) is 79.6 Å². The first-order valence-electron chi connectivity index (χ1n) is 11.8. The number of nitrogens with zero attached hydrogens (tertiary/aromatic N) is 2. The Kier molecular flexibility index (Phi) is 4.90. The van der Waals surface area contributed by atoms with Crippen LogP contribution in [0.5, 0.6) is 0 Å². The van der Waals surface area contributed by atoms with E-state index in [2.05, 4.69) is 56.4 Å². The minimum atomic E-state index is -1.00. The summed E-state index contributed by atoms with van der Waals surface area (Å²) in [6, 6.07) is 10.7. The van der Waals surface area contributed by atoms with E-state index in [0.717, 1.165) is 31.5 Å². The van der Waals surface area contributed by atoms with Gasteiger partial charge in [-0.25, -0.2) is 9.48 Å². The van der Waals surface area contributed by atoms with E-state index in [1.54, 1.807) is 12.1 Å². The zero-order valence-electron chi connectivity index (χ0n) is 20.2. The van der Waals surface area contributed by atoms with Gasteiger partial charge in [0.05, 0.1) is 21.8 Å². The molecule has 0 saturated heterocycles. The van der Waals surface area contributed by atoms with E-state index in [0.29, 0.717) is 16.3 Å². The van der Waals surface area contributed by atoms with Crippen LogP contribution < -0.4 is 21.0 Å². The van der Waals surface area contributed by atoms with Crippen LogP contribution in [0.25, 0.3) is 18.3 Å². The average molecular weight is 458 g/mol. The normalized spacial score (nSPS) is 18.6. The molecular formula is C28H31N3O3. The molecule has 0 saturated carbocycles. The second kappa shape index (κ2) is 7.49. The molecule has 3 aromatic rings. The Labute approximate surface area is 198 Å². The van der Waals surface area contributed by atoms with E-state index in [1.165, 1.54) is 33.6 Å². The third-order valence-corrected chi connectivity index (χ3v) is 7.61. The fourth-order valence-electron chi connectivity index (χ4n) is 5.29. The number of benzene rings is 2. The largest absolute Gasteiger partial charge is 0.478 e. The smallest absolute Gasteiger partial charge is 0.335 e. The van der Waals surface area contributed by atoms with Crippen molar-refractivity contribution in [2.45, 2.75) is 51.4 Å². The Morgan fingerprint density at radius 1 is 1.03 bits per heavy atom. The van der Waals surface area contributed by atoms with Crippen LogP contribution in [0.2, 0.25) is 0 Å². The summed E-state index contributed by atoms with van der Waals surface area (Å²) in [6.45, 7) is 15.5. The molecule has 0 aliphatic carbocycles. The van der Waals surface area contributed by atoms with Crippen molar-refractivity contribution in [2.24, 2.45) is 0 Å². The minimum absolute atomic E-state index is 0.0649. The highest BCUT2D eigenvalue weighted by Crippen LogP contribution is 2.49. The lowest BCUT2D eigenvalue weighted by Crippen LogP contribution is -2.44. The maximum Gasteiger partial charge on any atom is 0.335 e. The molecule has 0 radical (unpaired) electrons. The molecule has 34 heavy (non-hydrogen) atoms. The lowest BCUT2D eigenvalue weighted by molar-refractivity contribution is 0.0697. The Morgan fingerprint density at radius 2 is 1.59 bits per heavy atom. The van der Waals surface area contributed by atoms with Crippen molar-refractivity contribution < 1.29 is 9.90 Å². The number of carbonyl (C=O) groups is 1. The van der Waals surface area contributed by atoms with Gasteiger partial charge in [0.25, 0.3) is 5.56 Å². The van der Waals surface area contributed by atoms with Crippen LogP contribution in [-0.2, 0) is 10.8 Å². The monoisotopic (exact) mass is 457 g/mol. The minimum Gasteiger partial charge on any atom is -0.478 e. The molecule has 6 heteroatoms. The number of nitrogens with one attached hydrogen (secondary N) is 1. The maximum absolute atomic E-state index is 13.3.